The van der Waals surface area contributed by atoms with Crippen molar-refractivity contribution in [2.45, 2.75) is 6.10 Å². The van der Waals surface area contributed by atoms with Crippen molar-refractivity contribution in [2.75, 3.05) is 46.4 Å². The average Bonchev–Trinajstić information content (AvgIpc) is 2.38. The molecule has 0 saturated carbocycles. The molecular weight excluding hydrogens is 308 g/mol. The smallest absolute Gasteiger partial charge is 0.120 e. The highest BCUT2D eigenvalue weighted by Crippen LogP contribution is 2.17. The molecule has 19 heavy (non-hydrogen) atoms. The standard InChI is InChI=1S/C14H21BrN2O2/c1-17-6-8-19-14(11-17)10-16-5-7-18-13-4-2-3-12(15)9-13/h2-4,9,14,16H,5-8,10-11H2,1H3. The molecule has 0 spiro atoms. The molecule has 1 aromatic carbocycles. The van der Waals surface area contributed by atoms with Gasteiger partial charge in [-0.05, 0) is 25.2 Å². The first kappa shape index (κ1) is 14.8. The number of ether oxygens (including phenoxy) is 2. The molecule has 1 N–H and O–H groups in total. The Balaban J connectivity index is 1.57. The number of morpholine rings is 1. The van der Waals surface area contributed by atoms with Crippen LogP contribution in [0.25, 0.3) is 0 Å². The molecule has 1 aromatic rings. The van der Waals surface area contributed by atoms with Gasteiger partial charge in [0.05, 0.1) is 12.7 Å². The lowest BCUT2D eigenvalue weighted by Crippen LogP contribution is -2.45. The Bertz CT molecular complexity index is 389. The summed E-state index contributed by atoms with van der Waals surface area (Å²) in [6.07, 6.45) is 0.296. The van der Waals surface area contributed by atoms with Crippen molar-refractivity contribution in [1.82, 2.24) is 10.2 Å². The molecule has 1 fully saturated rings. The van der Waals surface area contributed by atoms with E-state index in [0.717, 1.165) is 43.0 Å². The van der Waals surface area contributed by atoms with Crippen molar-refractivity contribution in [2.24, 2.45) is 0 Å². The highest BCUT2D eigenvalue weighted by atomic mass is 79.9. The Morgan fingerprint density at radius 2 is 2.42 bits per heavy atom. The van der Waals surface area contributed by atoms with Gasteiger partial charge >= 0.3 is 0 Å². The third-order valence-corrected chi connectivity index (χ3v) is 3.55. The minimum Gasteiger partial charge on any atom is -0.492 e. The second-order valence-corrected chi connectivity index (χ2v) is 5.68. The molecule has 0 aromatic heterocycles. The molecular formula is C14H21BrN2O2. The van der Waals surface area contributed by atoms with Crippen LogP contribution in [0.2, 0.25) is 0 Å². The summed E-state index contributed by atoms with van der Waals surface area (Å²) in [4.78, 5) is 2.30. The summed E-state index contributed by atoms with van der Waals surface area (Å²) < 4.78 is 12.4. The van der Waals surface area contributed by atoms with Crippen molar-refractivity contribution in [3.8, 4) is 5.75 Å². The van der Waals surface area contributed by atoms with E-state index in [2.05, 4.69) is 33.2 Å². The number of halogens is 1. The zero-order valence-corrected chi connectivity index (χ0v) is 12.9. The molecule has 0 aliphatic carbocycles. The average molecular weight is 329 g/mol. The normalized spacial score (nSPS) is 20.4. The number of rotatable bonds is 6. The molecule has 0 amide bonds. The van der Waals surface area contributed by atoms with Crippen molar-refractivity contribution in [3.63, 3.8) is 0 Å². The van der Waals surface area contributed by atoms with Crippen LogP contribution in [0.3, 0.4) is 0 Å². The van der Waals surface area contributed by atoms with Crippen LogP contribution in [-0.2, 0) is 4.74 Å². The molecule has 1 heterocycles. The molecule has 5 heteroatoms. The fourth-order valence-electron chi connectivity index (χ4n) is 2.05. The van der Waals surface area contributed by atoms with Gasteiger partial charge in [0.15, 0.2) is 0 Å². The molecule has 106 valence electrons. The molecule has 0 radical (unpaired) electrons. The number of nitrogens with one attached hydrogen (secondary N) is 1. The van der Waals surface area contributed by atoms with Gasteiger partial charge in [-0.3, -0.25) is 0 Å². The third-order valence-electron chi connectivity index (χ3n) is 3.06. The minimum absolute atomic E-state index is 0.296. The lowest BCUT2D eigenvalue weighted by molar-refractivity contribution is -0.0182. The van der Waals surface area contributed by atoms with E-state index in [0.29, 0.717) is 12.7 Å². The monoisotopic (exact) mass is 328 g/mol. The van der Waals surface area contributed by atoms with Crippen molar-refractivity contribution >= 4 is 15.9 Å². The molecule has 1 saturated heterocycles. The summed E-state index contributed by atoms with van der Waals surface area (Å²) in [6.45, 7) is 5.24. The van der Waals surface area contributed by atoms with Gasteiger partial charge < -0.3 is 19.7 Å². The van der Waals surface area contributed by atoms with E-state index in [1.54, 1.807) is 0 Å². The minimum atomic E-state index is 0.296. The maximum Gasteiger partial charge on any atom is 0.120 e. The Morgan fingerprint density at radius 1 is 1.53 bits per heavy atom. The van der Waals surface area contributed by atoms with Gasteiger partial charge in [-0.15, -0.1) is 0 Å². The first-order valence-corrected chi connectivity index (χ1v) is 7.42. The summed E-state index contributed by atoms with van der Waals surface area (Å²) in [7, 11) is 2.13. The summed E-state index contributed by atoms with van der Waals surface area (Å²) >= 11 is 3.43. The lowest BCUT2D eigenvalue weighted by Gasteiger charge is -2.30. The van der Waals surface area contributed by atoms with E-state index in [4.69, 9.17) is 9.47 Å². The fraction of sp³-hybridized carbons (Fsp3) is 0.571. The summed E-state index contributed by atoms with van der Waals surface area (Å²) in [5, 5.41) is 3.37. The molecule has 1 aliphatic rings. The fourth-order valence-corrected chi connectivity index (χ4v) is 2.43. The number of nitrogens with zero attached hydrogens (tertiary/aromatic N) is 1. The van der Waals surface area contributed by atoms with Gasteiger partial charge in [0.25, 0.3) is 0 Å². The maximum atomic E-state index is 5.68. The number of hydrogen-bond donors (Lipinski definition) is 1. The van der Waals surface area contributed by atoms with Gasteiger partial charge in [-0.1, -0.05) is 22.0 Å². The van der Waals surface area contributed by atoms with Crippen LogP contribution in [0.1, 0.15) is 0 Å². The van der Waals surface area contributed by atoms with Gasteiger partial charge in [0, 0.05) is 30.7 Å². The van der Waals surface area contributed by atoms with E-state index in [9.17, 15) is 0 Å². The Labute approximate surface area is 123 Å². The van der Waals surface area contributed by atoms with Crippen molar-refractivity contribution in [3.05, 3.63) is 28.7 Å². The number of hydrogen-bond acceptors (Lipinski definition) is 4. The van der Waals surface area contributed by atoms with Crippen molar-refractivity contribution < 1.29 is 9.47 Å². The number of likely N-dealkylation sites (N-methyl/N-ethyl adjacent to an activating group) is 1. The quantitative estimate of drug-likeness (QED) is 0.807. The molecule has 4 nitrogen and oxygen atoms in total. The van der Waals surface area contributed by atoms with E-state index in [1.807, 2.05) is 24.3 Å². The molecule has 2 rings (SSSR count). The maximum absolute atomic E-state index is 5.68. The topological polar surface area (TPSA) is 33.7 Å². The van der Waals surface area contributed by atoms with E-state index < -0.39 is 0 Å². The molecule has 1 aliphatic heterocycles. The third kappa shape index (κ3) is 5.48. The van der Waals surface area contributed by atoms with Crippen LogP contribution in [0.15, 0.2) is 28.7 Å². The van der Waals surface area contributed by atoms with Crippen molar-refractivity contribution in [1.29, 1.82) is 0 Å². The molecule has 0 bridgehead atoms. The SMILES string of the molecule is CN1CCOC(CNCCOc2cccc(Br)c2)C1. The van der Waals surface area contributed by atoms with Gasteiger partial charge in [0.1, 0.15) is 12.4 Å². The van der Waals surface area contributed by atoms with Crippen LogP contribution < -0.4 is 10.1 Å². The first-order chi connectivity index (χ1) is 9.24. The lowest BCUT2D eigenvalue weighted by atomic mass is 10.3. The van der Waals surface area contributed by atoms with E-state index in [-0.39, 0.29) is 0 Å². The van der Waals surface area contributed by atoms with Crippen LogP contribution in [0, 0.1) is 0 Å². The highest BCUT2D eigenvalue weighted by Gasteiger charge is 2.16. The zero-order chi connectivity index (χ0) is 13.5. The Morgan fingerprint density at radius 3 is 3.21 bits per heavy atom. The largest absolute Gasteiger partial charge is 0.492 e. The van der Waals surface area contributed by atoms with Crippen LogP contribution in [-0.4, -0.2) is 57.4 Å². The van der Waals surface area contributed by atoms with Crippen LogP contribution in [0.5, 0.6) is 5.75 Å². The van der Waals surface area contributed by atoms with E-state index in [1.165, 1.54) is 0 Å². The Hall–Kier alpha value is -0.620. The van der Waals surface area contributed by atoms with Gasteiger partial charge in [-0.25, -0.2) is 0 Å². The van der Waals surface area contributed by atoms with E-state index >= 15 is 0 Å². The second-order valence-electron chi connectivity index (χ2n) is 4.77. The second kappa shape index (κ2) is 7.85. The molecule has 1 atom stereocenters. The van der Waals surface area contributed by atoms with Gasteiger partial charge in [-0.2, -0.15) is 0 Å². The predicted octanol–water partition coefficient (Wildman–Crippen LogP) is 1.75. The summed E-state index contributed by atoms with van der Waals surface area (Å²) in [5.74, 6) is 0.893. The Kier molecular flexibility index (Phi) is 6.10. The first-order valence-electron chi connectivity index (χ1n) is 6.63. The zero-order valence-electron chi connectivity index (χ0n) is 11.3. The predicted molar refractivity (Wildman–Crippen MR) is 79.7 cm³/mol. The van der Waals surface area contributed by atoms with Crippen LogP contribution >= 0.6 is 15.9 Å². The van der Waals surface area contributed by atoms with Gasteiger partial charge in [0.2, 0.25) is 0 Å². The summed E-state index contributed by atoms with van der Waals surface area (Å²) in [5.41, 5.74) is 0. The molecule has 1 unspecified atom stereocenters. The number of benzene rings is 1. The summed E-state index contributed by atoms with van der Waals surface area (Å²) in [6, 6.07) is 7.89. The highest BCUT2D eigenvalue weighted by molar-refractivity contribution is 9.10. The van der Waals surface area contributed by atoms with Crippen LogP contribution in [0.4, 0.5) is 0 Å².